The van der Waals surface area contributed by atoms with Crippen LogP contribution < -0.4 is 10.5 Å². The second kappa shape index (κ2) is 4.39. The lowest BCUT2D eigenvalue weighted by atomic mass is 10.0. The normalized spacial score (nSPS) is 17.3. The van der Waals surface area contributed by atoms with Crippen LogP contribution in [0.15, 0.2) is 47.4 Å². The van der Waals surface area contributed by atoms with Crippen molar-refractivity contribution in [3.05, 3.63) is 64.1 Å². The lowest BCUT2D eigenvalue weighted by Crippen LogP contribution is -2.30. The zero-order chi connectivity index (χ0) is 13.4. The van der Waals surface area contributed by atoms with E-state index in [1.807, 2.05) is 24.3 Å². The molecule has 1 aromatic heterocycles. The minimum absolute atomic E-state index is 0.122. The number of H-pyrrole nitrogens is 1. The first kappa shape index (κ1) is 11.7. The van der Waals surface area contributed by atoms with Gasteiger partial charge in [-0.25, -0.2) is 0 Å². The molecule has 3 rings (SSSR count). The Hall–Kier alpha value is -2.36. The predicted molar refractivity (Wildman–Crippen MR) is 73.6 cm³/mol. The molecule has 96 valence electrons. The van der Waals surface area contributed by atoms with Gasteiger partial charge in [-0.3, -0.25) is 9.59 Å². The van der Waals surface area contributed by atoms with Crippen LogP contribution in [0.5, 0.6) is 0 Å². The Bertz CT molecular complexity index is 690. The van der Waals surface area contributed by atoms with Gasteiger partial charge in [0.15, 0.2) is 0 Å². The number of anilines is 1. The van der Waals surface area contributed by atoms with Crippen molar-refractivity contribution < 1.29 is 4.79 Å². The number of para-hydroxylation sites is 1. The first-order valence-corrected chi connectivity index (χ1v) is 6.26. The van der Waals surface area contributed by atoms with E-state index in [9.17, 15) is 9.59 Å². The Balaban J connectivity index is 2.01. The van der Waals surface area contributed by atoms with Crippen LogP contribution in [-0.4, -0.2) is 17.4 Å². The molecule has 0 bridgehead atoms. The lowest BCUT2D eigenvalue weighted by molar-refractivity contribution is 0.0988. The van der Waals surface area contributed by atoms with Gasteiger partial charge in [-0.1, -0.05) is 25.1 Å². The van der Waals surface area contributed by atoms with Crippen LogP contribution in [0, 0.1) is 0 Å². The molecule has 1 atom stereocenters. The summed E-state index contributed by atoms with van der Waals surface area (Å²) in [5, 5.41) is 0. The molecule has 0 aliphatic carbocycles. The van der Waals surface area contributed by atoms with Crippen molar-refractivity contribution in [1.82, 2.24) is 4.98 Å². The van der Waals surface area contributed by atoms with Crippen LogP contribution >= 0.6 is 0 Å². The summed E-state index contributed by atoms with van der Waals surface area (Å²) in [5.74, 6) is 0.199. The van der Waals surface area contributed by atoms with Gasteiger partial charge in [-0.2, -0.15) is 0 Å². The Kier molecular flexibility index (Phi) is 2.71. The van der Waals surface area contributed by atoms with Crippen molar-refractivity contribution in [1.29, 1.82) is 0 Å². The number of hydrogen-bond donors (Lipinski definition) is 1. The molecule has 4 heteroatoms. The Morgan fingerprint density at radius 3 is 2.89 bits per heavy atom. The summed E-state index contributed by atoms with van der Waals surface area (Å²) in [5.41, 5.74) is 2.29. The number of hydrogen-bond acceptors (Lipinski definition) is 2. The average Bonchev–Trinajstić information content (AvgIpc) is 2.76. The first-order chi connectivity index (χ1) is 9.16. The molecule has 0 saturated heterocycles. The minimum Gasteiger partial charge on any atom is -0.329 e. The van der Waals surface area contributed by atoms with Crippen LogP contribution in [0.1, 0.15) is 28.8 Å². The highest BCUT2D eigenvalue weighted by molar-refractivity contribution is 6.07. The van der Waals surface area contributed by atoms with Crippen LogP contribution in [0.3, 0.4) is 0 Å². The van der Waals surface area contributed by atoms with E-state index in [1.54, 1.807) is 11.0 Å². The summed E-state index contributed by atoms with van der Waals surface area (Å²) in [7, 11) is 0. The molecule has 0 fully saturated rings. The lowest BCUT2D eigenvalue weighted by Gasteiger charge is -2.17. The summed E-state index contributed by atoms with van der Waals surface area (Å²) in [4.78, 5) is 28.0. The third-order valence-corrected chi connectivity index (χ3v) is 3.48. The summed E-state index contributed by atoms with van der Waals surface area (Å²) in [6.07, 6.45) is 1.50. The molecule has 4 nitrogen and oxygen atoms in total. The Morgan fingerprint density at radius 2 is 2.11 bits per heavy atom. The molecule has 0 radical (unpaired) electrons. The summed E-state index contributed by atoms with van der Waals surface area (Å²) < 4.78 is 0. The van der Waals surface area contributed by atoms with Crippen molar-refractivity contribution in [2.24, 2.45) is 0 Å². The Morgan fingerprint density at radius 1 is 1.32 bits per heavy atom. The summed E-state index contributed by atoms with van der Waals surface area (Å²) in [6.45, 7) is 2.76. The molecule has 1 unspecified atom stereocenters. The van der Waals surface area contributed by atoms with Crippen molar-refractivity contribution in [2.45, 2.75) is 12.8 Å². The number of fused-ring (bicyclic) bond motifs is 1. The highest BCUT2D eigenvalue weighted by Gasteiger charge is 2.29. The van der Waals surface area contributed by atoms with Crippen molar-refractivity contribution in [2.75, 3.05) is 11.4 Å². The molecule has 19 heavy (non-hydrogen) atoms. The van der Waals surface area contributed by atoms with Crippen LogP contribution in [-0.2, 0) is 0 Å². The summed E-state index contributed by atoms with van der Waals surface area (Å²) >= 11 is 0. The Labute approximate surface area is 110 Å². The van der Waals surface area contributed by atoms with Crippen LogP contribution in [0.25, 0.3) is 0 Å². The monoisotopic (exact) mass is 254 g/mol. The number of carbonyl (C=O) groups is 1. The number of amides is 1. The summed E-state index contributed by atoms with van der Waals surface area (Å²) in [6, 6.07) is 10.9. The van der Waals surface area contributed by atoms with Gasteiger partial charge >= 0.3 is 0 Å². The van der Waals surface area contributed by atoms with Gasteiger partial charge in [0.25, 0.3) is 5.91 Å². The fourth-order valence-corrected chi connectivity index (χ4v) is 2.55. The number of benzene rings is 1. The number of pyridine rings is 1. The number of aromatic nitrogens is 1. The van der Waals surface area contributed by atoms with Crippen molar-refractivity contribution >= 4 is 11.6 Å². The number of aromatic amines is 1. The third kappa shape index (κ3) is 1.95. The van der Waals surface area contributed by atoms with E-state index in [0.29, 0.717) is 18.0 Å². The standard InChI is InChI=1S/C15H14N2O2/c1-10-9-17(13-5-3-2-4-12(10)13)15(19)11-6-7-16-14(18)8-11/h2-8,10H,9H2,1H3,(H,16,18). The molecule has 0 saturated carbocycles. The second-order valence-corrected chi connectivity index (χ2v) is 4.82. The maximum absolute atomic E-state index is 12.5. The zero-order valence-electron chi connectivity index (χ0n) is 10.6. The van der Waals surface area contributed by atoms with Gasteiger partial charge < -0.3 is 9.88 Å². The van der Waals surface area contributed by atoms with Crippen LogP contribution in [0.2, 0.25) is 0 Å². The van der Waals surface area contributed by atoms with E-state index >= 15 is 0 Å². The first-order valence-electron chi connectivity index (χ1n) is 6.26. The van der Waals surface area contributed by atoms with E-state index in [0.717, 1.165) is 5.69 Å². The van der Waals surface area contributed by atoms with E-state index in [-0.39, 0.29) is 11.5 Å². The number of rotatable bonds is 1. The van der Waals surface area contributed by atoms with E-state index in [2.05, 4.69) is 11.9 Å². The predicted octanol–water partition coefficient (Wildman–Crippen LogP) is 2.14. The molecule has 1 aliphatic heterocycles. The molecule has 1 aliphatic rings. The van der Waals surface area contributed by atoms with Crippen molar-refractivity contribution in [3.8, 4) is 0 Å². The molecular formula is C15H14N2O2. The van der Waals surface area contributed by atoms with Gasteiger partial charge in [0, 0.05) is 36.0 Å². The number of carbonyl (C=O) groups excluding carboxylic acids is 1. The molecule has 1 N–H and O–H groups in total. The maximum Gasteiger partial charge on any atom is 0.258 e. The van der Waals surface area contributed by atoms with Gasteiger partial charge in [0.2, 0.25) is 5.56 Å². The third-order valence-electron chi connectivity index (χ3n) is 3.48. The van der Waals surface area contributed by atoms with Gasteiger partial charge in [-0.05, 0) is 17.7 Å². The van der Waals surface area contributed by atoms with E-state index in [1.165, 1.54) is 17.8 Å². The minimum atomic E-state index is -0.258. The molecule has 0 spiro atoms. The number of nitrogens with one attached hydrogen (secondary N) is 1. The molecule has 2 aromatic rings. The van der Waals surface area contributed by atoms with Gasteiger partial charge in [0.05, 0.1) is 0 Å². The second-order valence-electron chi connectivity index (χ2n) is 4.82. The maximum atomic E-state index is 12.5. The van der Waals surface area contributed by atoms with E-state index in [4.69, 9.17) is 0 Å². The highest BCUT2D eigenvalue weighted by Crippen LogP contribution is 2.36. The van der Waals surface area contributed by atoms with Crippen LogP contribution in [0.4, 0.5) is 5.69 Å². The molecule has 2 heterocycles. The van der Waals surface area contributed by atoms with Gasteiger partial charge in [-0.15, -0.1) is 0 Å². The fourth-order valence-electron chi connectivity index (χ4n) is 2.55. The highest BCUT2D eigenvalue weighted by atomic mass is 16.2. The average molecular weight is 254 g/mol. The topological polar surface area (TPSA) is 53.2 Å². The SMILES string of the molecule is CC1CN(C(=O)c2cc[nH]c(=O)c2)c2ccccc21. The quantitative estimate of drug-likeness (QED) is 0.847. The fraction of sp³-hybridized carbons (Fsp3) is 0.200. The van der Waals surface area contributed by atoms with Crippen molar-refractivity contribution in [3.63, 3.8) is 0 Å². The molecule has 1 amide bonds. The van der Waals surface area contributed by atoms with E-state index < -0.39 is 0 Å². The zero-order valence-corrected chi connectivity index (χ0v) is 10.6. The van der Waals surface area contributed by atoms with Gasteiger partial charge in [0.1, 0.15) is 0 Å². The number of nitrogens with zero attached hydrogens (tertiary/aromatic N) is 1. The smallest absolute Gasteiger partial charge is 0.258 e. The molecule has 1 aromatic carbocycles. The largest absolute Gasteiger partial charge is 0.329 e. The molecular weight excluding hydrogens is 240 g/mol.